The fourth-order valence-corrected chi connectivity index (χ4v) is 5.32. The quantitative estimate of drug-likeness (QED) is 0.575. The molecule has 0 unspecified atom stereocenters. The lowest BCUT2D eigenvalue weighted by molar-refractivity contribution is -0.122. The van der Waals surface area contributed by atoms with Crippen molar-refractivity contribution >= 4 is 55.8 Å². The predicted molar refractivity (Wildman–Crippen MR) is 119 cm³/mol. The van der Waals surface area contributed by atoms with Crippen molar-refractivity contribution in [3.05, 3.63) is 29.3 Å². The van der Waals surface area contributed by atoms with Crippen molar-refractivity contribution in [1.29, 1.82) is 0 Å². The zero-order valence-electron chi connectivity index (χ0n) is 16.7. The van der Waals surface area contributed by atoms with Crippen LogP contribution >= 0.6 is 11.6 Å². The van der Waals surface area contributed by atoms with E-state index in [4.69, 9.17) is 17.3 Å². The number of nitrogens with two attached hydrogens (primary N) is 1. The number of sulfone groups is 1. The van der Waals surface area contributed by atoms with Crippen LogP contribution in [-0.2, 0) is 14.6 Å². The molecule has 0 aliphatic carbocycles. The standard InChI is InChI=1S/C19H23ClN6O4S/c20-12-1-2-13-14(9-12)23-17(21)10-16(13)25-4-6-26(7-5-25)19(28)24-15-11-31(29,30)8-3-22-18(15)27/h1-2,9-10,15H,3-8,11H2,(H2,21,23)(H,22,27)(H,24,28)/t15-/m0/s1. The van der Waals surface area contributed by atoms with Gasteiger partial charge in [0.05, 0.1) is 17.0 Å². The molecule has 1 aromatic heterocycles. The minimum Gasteiger partial charge on any atom is -0.384 e. The van der Waals surface area contributed by atoms with Crippen molar-refractivity contribution in [2.24, 2.45) is 0 Å². The van der Waals surface area contributed by atoms with Gasteiger partial charge in [-0.05, 0) is 18.2 Å². The van der Waals surface area contributed by atoms with Crippen LogP contribution in [0.3, 0.4) is 0 Å². The first-order valence-corrected chi connectivity index (χ1v) is 12.1. The molecule has 166 valence electrons. The zero-order chi connectivity index (χ0) is 22.2. The third-order valence-electron chi connectivity index (χ3n) is 5.42. The lowest BCUT2D eigenvalue weighted by atomic mass is 10.1. The third-order valence-corrected chi connectivity index (χ3v) is 7.33. The molecule has 2 fully saturated rings. The Morgan fingerprint density at radius 3 is 2.71 bits per heavy atom. The average molecular weight is 467 g/mol. The Balaban J connectivity index is 1.44. The number of carbonyl (C=O) groups is 2. The van der Waals surface area contributed by atoms with Gasteiger partial charge in [-0.25, -0.2) is 18.2 Å². The second kappa shape index (κ2) is 8.39. The number of nitrogens with zero attached hydrogens (tertiary/aromatic N) is 3. The number of fused-ring (bicyclic) bond motifs is 1. The van der Waals surface area contributed by atoms with Gasteiger partial charge in [-0.15, -0.1) is 0 Å². The van der Waals surface area contributed by atoms with Gasteiger partial charge >= 0.3 is 6.03 Å². The van der Waals surface area contributed by atoms with E-state index in [1.807, 2.05) is 6.07 Å². The van der Waals surface area contributed by atoms with Gasteiger partial charge in [0, 0.05) is 54.9 Å². The molecule has 31 heavy (non-hydrogen) atoms. The van der Waals surface area contributed by atoms with Crippen LogP contribution in [0.15, 0.2) is 24.3 Å². The van der Waals surface area contributed by atoms with Gasteiger partial charge < -0.3 is 26.2 Å². The van der Waals surface area contributed by atoms with Crippen LogP contribution in [0.1, 0.15) is 0 Å². The number of amides is 3. The lowest BCUT2D eigenvalue weighted by Crippen LogP contribution is -2.56. The molecule has 2 saturated heterocycles. The molecule has 4 rings (SSSR count). The van der Waals surface area contributed by atoms with Gasteiger partial charge in [-0.3, -0.25) is 4.79 Å². The molecule has 0 bridgehead atoms. The summed E-state index contributed by atoms with van der Waals surface area (Å²) in [5.41, 5.74) is 7.57. The van der Waals surface area contributed by atoms with E-state index in [-0.39, 0.29) is 12.3 Å². The minimum atomic E-state index is -3.40. The first kappa shape index (κ1) is 21.4. The fraction of sp³-hybridized carbons (Fsp3) is 0.421. The minimum absolute atomic E-state index is 0.0560. The summed E-state index contributed by atoms with van der Waals surface area (Å²) in [7, 11) is -3.40. The topological polar surface area (TPSA) is 138 Å². The zero-order valence-corrected chi connectivity index (χ0v) is 18.2. The van der Waals surface area contributed by atoms with E-state index in [1.54, 1.807) is 23.1 Å². The smallest absolute Gasteiger partial charge is 0.318 e. The van der Waals surface area contributed by atoms with E-state index in [1.165, 1.54) is 0 Å². The number of anilines is 2. The molecule has 1 aromatic carbocycles. The van der Waals surface area contributed by atoms with Crippen LogP contribution in [-0.4, -0.2) is 80.5 Å². The summed E-state index contributed by atoms with van der Waals surface area (Å²) in [5.74, 6) is -0.621. The maximum atomic E-state index is 12.7. The maximum Gasteiger partial charge on any atom is 0.318 e. The number of rotatable bonds is 2. The molecule has 2 aromatic rings. The third kappa shape index (κ3) is 4.77. The van der Waals surface area contributed by atoms with E-state index in [9.17, 15) is 18.0 Å². The Labute approximate surface area is 184 Å². The lowest BCUT2D eigenvalue weighted by Gasteiger charge is -2.37. The van der Waals surface area contributed by atoms with Crippen LogP contribution < -0.4 is 21.3 Å². The Morgan fingerprint density at radius 1 is 1.23 bits per heavy atom. The number of benzene rings is 1. The number of nitrogens with one attached hydrogen (secondary N) is 2. The van der Waals surface area contributed by atoms with Crippen LogP contribution in [0.4, 0.5) is 16.3 Å². The van der Waals surface area contributed by atoms with Gasteiger partial charge in [0.15, 0.2) is 9.84 Å². The highest BCUT2D eigenvalue weighted by Crippen LogP contribution is 2.30. The average Bonchev–Trinajstić information content (AvgIpc) is 2.84. The van der Waals surface area contributed by atoms with Crippen molar-refractivity contribution < 1.29 is 18.0 Å². The molecule has 2 aliphatic heterocycles. The Kier molecular flexibility index (Phi) is 5.80. The van der Waals surface area contributed by atoms with Gasteiger partial charge in [-0.1, -0.05) is 11.6 Å². The summed E-state index contributed by atoms with van der Waals surface area (Å²) in [6, 6.07) is 5.69. The molecular weight excluding hydrogens is 444 g/mol. The molecule has 3 heterocycles. The van der Waals surface area contributed by atoms with Gasteiger partial charge in [-0.2, -0.15) is 0 Å². The van der Waals surface area contributed by atoms with E-state index in [0.29, 0.717) is 42.5 Å². The summed E-state index contributed by atoms with van der Waals surface area (Å²) in [6.07, 6.45) is 0. The van der Waals surface area contributed by atoms with Crippen molar-refractivity contribution in [2.45, 2.75) is 6.04 Å². The van der Waals surface area contributed by atoms with Gasteiger partial charge in [0.2, 0.25) is 5.91 Å². The number of urea groups is 1. The number of halogens is 1. The Bertz CT molecular complexity index is 1130. The number of carbonyl (C=O) groups excluding carboxylic acids is 2. The Hall–Kier alpha value is -2.79. The fourth-order valence-electron chi connectivity index (χ4n) is 3.83. The van der Waals surface area contributed by atoms with Crippen LogP contribution in [0.5, 0.6) is 0 Å². The van der Waals surface area contributed by atoms with E-state index in [0.717, 1.165) is 11.1 Å². The largest absolute Gasteiger partial charge is 0.384 e. The summed E-state index contributed by atoms with van der Waals surface area (Å²) >= 11 is 6.07. The van der Waals surface area contributed by atoms with Crippen LogP contribution in [0.2, 0.25) is 5.02 Å². The van der Waals surface area contributed by atoms with Crippen molar-refractivity contribution in [2.75, 3.05) is 54.9 Å². The number of hydrogen-bond acceptors (Lipinski definition) is 7. The van der Waals surface area contributed by atoms with Gasteiger partial charge in [0.1, 0.15) is 11.9 Å². The van der Waals surface area contributed by atoms with E-state index >= 15 is 0 Å². The molecule has 1 atom stereocenters. The van der Waals surface area contributed by atoms with E-state index in [2.05, 4.69) is 20.5 Å². The second-order valence-corrected chi connectivity index (χ2v) is 10.3. The highest BCUT2D eigenvalue weighted by Gasteiger charge is 2.32. The highest BCUT2D eigenvalue weighted by atomic mass is 35.5. The summed E-state index contributed by atoms with van der Waals surface area (Å²) < 4.78 is 23.9. The number of pyridine rings is 1. The van der Waals surface area contributed by atoms with Gasteiger partial charge in [0.25, 0.3) is 0 Å². The molecule has 12 heteroatoms. The normalized spacial score (nSPS) is 21.5. The molecule has 2 aliphatic rings. The van der Waals surface area contributed by atoms with Crippen LogP contribution in [0, 0.1) is 0 Å². The molecular formula is C19H23ClN6O4S. The molecule has 4 N–H and O–H groups in total. The molecule has 0 spiro atoms. The second-order valence-electron chi connectivity index (χ2n) is 7.61. The van der Waals surface area contributed by atoms with Crippen molar-refractivity contribution in [1.82, 2.24) is 20.5 Å². The van der Waals surface area contributed by atoms with E-state index < -0.39 is 33.6 Å². The molecule has 10 nitrogen and oxygen atoms in total. The summed E-state index contributed by atoms with van der Waals surface area (Å²) in [5, 5.41) is 6.58. The van der Waals surface area contributed by atoms with Crippen LogP contribution in [0.25, 0.3) is 10.9 Å². The number of hydrogen-bond donors (Lipinski definition) is 3. The molecule has 3 amide bonds. The number of nitrogen functional groups attached to an aromatic ring is 1. The molecule has 0 radical (unpaired) electrons. The SMILES string of the molecule is Nc1cc(N2CCN(C(=O)N[C@H]3CS(=O)(=O)CCNC3=O)CC2)c2ccc(Cl)cc2n1. The first-order chi connectivity index (χ1) is 14.7. The maximum absolute atomic E-state index is 12.7. The van der Waals surface area contributed by atoms with Crippen molar-refractivity contribution in [3.63, 3.8) is 0 Å². The highest BCUT2D eigenvalue weighted by molar-refractivity contribution is 7.91. The molecule has 0 saturated carbocycles. The number of piperazine rings is 1. The predicted octanol–water partition coefficient (Wildman–Crippen LogP) is 0.215. The summed E-state index contributed by atoms with van der Waals surface area (Å²) in [4.78, 5) is 32.8. The Morgan fingerprint density at radius 2 is 1.97 bits per heavy atom. The summed E-state index contributed by atoms with van der Waals surface area (Å²) in [6.45, 7) is 1.96. The van der Waals surface area contributed by atoms with Crippen molar-refractivity contribution in [3.8, 4) is 0 Å². The first-order valence-electron chi connectivity index (χ1n) is 9.86. The monoisotopic (exact) mass is 466 g/mol. The number of aromatic nitrogens is 1.